The Balaban J connectivity index is 2.07. The SMILES string of the molecule is Cc1nc(CNS(=O)(=O)c2c[nH]c(CO)c2)cs1. The highest BCUT2D eigenvalue weighted by Gasteiger charge is 2.16. The van der Waals surface area contributed by atoms with Crippen molar-refractivity contribution >= 4 is 21.4 Å². The number of thiazole rings is 1. The number of aryl methyl sites for hydroxylation is 1. The molecule has 2 aromatic heterocycles. The van der Waals surface area contributed by atoms with E-state index in [0.717, 1.165) is 5.01 Å². The smallest absolute Gasteiger partial charge is 0.242 e. The number of aromatic amines is 1. The number of hydrogen-bond acceptors (Lipinski definition) is 5. The summed E-state index contributed by atoms with van der Waals surface area (Å²) in [6, 6.07) is 1.40. The highest BCUT2D eigenvalue weighted by Crippen LogP contribution is 2.12. The molecule has 0 spiro atoms. The molecule has 0 aliphatic rings. The number of nitrogens with zero attached hydrogens (tertiary/aromatic N) is 1. The fourth-order valence-corrected chi connectivity index (χ4v) is 3.04. The maximum Gasteiger partial charge on any atom is 0.242 e. The molecule has 0 aliphatic carbocycles. The number of sulfonamides is 1. The minimum Gasteiger partial charge on any atom is -0.390 e. The van der Waals surface area contributed by atoms with Crippen molar-refractivity contribution in [2.45, 2.75) is 25.0 Å². The minimum absolute atomic E-state index is 0.110. The molecular formula is C10H13N3O3S2. The van der Waals surface area contributed by atoms with Crippen molar-refractivity contribution in [3.8, 4) is 0 Å². The van der Waals surface area contributed by atoms with Crippen LogP contribution in [0.5, 0.6) is 0 Å². The summed E-state index contributed by atoms with van der Waals surface area (Å²) < 4.78 is 26.3. The van der Waals surface area contributed by atoms with Crippen molar-refractivity contribution in [2.75, 3.05) is 0 Å². The Morgan fingerprint density at radius 3 is 2.89 bits per heavy atom. The molecule has 3 N–H and O–H groups in total. The number of nitrogens with one attached hydrogen (secondary N) is 2. The first-order valence-electron chi connectivity index (χ1n) is 5.20. The first-order valence-corrected chi connectivity index (χ1v) is 7.56. The van der Waals surface area contributed by atoms with Crippen molar-refractivity contribution in [2.24, 2.45) is 0 Å². The molecule has 0 saturated carbocycles. The lowest BCUT2D eigenvalue weighted by Gasteiger charge is -2.02. The number of H-pyrrole nitrogens is 1. The maximum atomic E-state index is 11.9. The van der Waals surface area contributed by atoms with Gasteiger partial charge in [0.25, 0.3) is 0 Å². The average molecular weight is 287 g/mol. The molecule has 2 rings (SSSR count). The van der Waals surface area contributed by atoms with Gasteiger partial charge in [-0.3, -0.25) is 0 Å². The molecule has 2 aromatic rings. The van der Waals surface area contributed by atoms with Gasteiger partial charge >= 0.3 is 0 Å². The van der Waals surface area contributed by atoms with E-state index in [4.69, 9.17) is 5.11 Å². The van der Waals surface area contributed by atoms with Crippen LogP contribution in [0.1, 0.15) is 16.4 Å². The second kappa shape index (κ2) is 5.19. The zero-order chi connectivity index (χ0) is 13.2. The van der Waals surface area contributed by atoms with Gasteiger partial charge < -0.3 is 10.1 Å². The van der Waals surface area contributed by atoms with E-state index in [1.165, 1.54) is 23.6 Å². The van der Waals surface area contributed by atoms with Crippen molar-refractivity contribution < 1.29 is 13.5 Å². The summed E-state index contributed by atoms with van der Waals surface area (Å²) in [7, 11) is -3.57. The van der Waals surface area contributed by atoms with Gasteiger partial charge in [-0.25, -0.2) is 18.1 Å². The summed E-state index contributed by atoms with van der Waals surface area (Å²) in [5.41, 5.74) is 1.15. The molecule has 2 heterocycles. The average Bonchev–Trinajstić information content (AvgIpc) is 2.95. The fraction of sp³-hybridized carbons (Fsp3) is 0.300. The third-order valence-electron chi connectivity index (χ3n) is 2.31. The molecule has 0 amide bonds. The van der Waals surface area contributed by atoms with Crippen molar-refractivity contribution in [1.82, 2.24) is 14.7 Å². The van der Waals surface area contributed by atoms with E-state index in [2.05, 4.69) is 14.7 Å². The molecule has 0 unspecified atom stereocenters. The Kier molecular flexibility index (Phi) is 3.81. The van der Waals surface area contributed by atoms with E-state index in [9.17, 15) is 8.42 Å². The summed E-state index contributed by atoms with van der Waals surface area (Å²) in [5, 5.41) is 11.6. The van der Waals surface area contributed by atoms with Crippen LogP contribution in [-0.2, 0) is 23.2 Å². The molecule has 98 valence electrons. The van der Waals surface area contributed by atoms with Gasteiger partial charge in [-0.1, -0.05) is 0 Å². The summed E-state index contributed by atoms with van der Waals surface area (Å²) >= 11 is 1.47. The van der Waals surface area contributed by atoms with Crippen LogP contribution in [0.3, 0.4) is 0 Å². The first kappa shape index (κ1) is 13.2. The molecule has 0 bridgehead atoms. The van der Waals surface area contributed by atoms with E-state index < -0.39 is 10.0 Å². The maximum absolute atomic E-state index is 11.9. The van der Waals surface area contributed by atoms with E-state index in [0.29, 0.717) is 11.4 Å². The molecule has 0 saturated heterocycles. The van der Waals surface area contributed by atoms with Gasteiger partial charge in [0.2, 0.25) is 10.0 Å². The van der Waals surface area contributed by atoms with Crippen molar-refractivity contribution in [3.05, 3.63) is 34.0 Å². The Labute approximate surface area is 109 Å². The molecular weight excluding hydrogens is 274 g/mol. The van der Waals surface area contributed by atoms with Crippen LogP contribution in [0.4, 0.5) is 0 Å². The van der Waals surface area contributed by atoms with Gasteiger partial charge in [0.15, 0.2) is 0 Å². The number of rotatable bonds is 5. The van der Waals surface area contributed by atoms with E-state index in [-0.39, 0.29) is 18.0 Å². The molecule has 8 heteroatoms. The highest BCUT2D eigenvalue weighted by atomic mass is 32.2. The Bertz CT molecular complexity index is 630. The largest absolute Gasteiger partial charge is 0.390 e. The second-order valence-corrected chi connectivity index (χ2v) is 6.53. The normalized spacial score (nSPS) is 11.9. The van der Waals surface area contributed by atoms with Crippen LogP contribution >= 0.6 is 11.3 Å². The van der Waals surface area contributed by atoms with Gasteiger partial charge in [-0.15, -0.1) is 11.3 Å². The van der Waals surface area contributed by atoms with Gasteiger partial charge in [0.1, 0.15) is 0 Å². The molecule has 0 aliphatic heterocycles. The second-order valence-electron chi connectivity index (χ2n) is 3.70. The molecule has 6 nitrogen and oxygen atoms in total. The predicted molar refractivity (Wildman–Crippen MR) is 67.6 cm³/mol. The lowest BCUT2D eigenvalue weighted by atomic mass is 10.5. The minimum atomic E-state index is -3.57. The van der Waals surface area contributed by atoms with Crippen LogP contribution in [-0.4, -0.2) is 23.5 Å². The van der Waals surface area contributed by atoms with Gasteiger partial charge in [0, 0.05) is 17.3 Å². The van der Waals surface area contributed by atoms with Crippen LogP contribution in [0.25, 0.3) is 0 Å². The van der Waals surface area contributed by atoms with Crippen LogP contribution < -0.4 is 4.72 Å². The molecule has 0 fully saturated rings. The van der Waals surface area contributed by atoms with Crippen molar-refractivity contribution in [1.29, 1.82) is 0 Å². The molecule has 0 aromatic carbocycles. The van der Waals surface area contributed by atoms with Gasteiger partial charge in [0.05, 0.1) is 28.7 Å². The summed E-state index contributed by atoms with van der Waals surface area (Å²) in [5.74, 6) is 0. The van der Waals surface area contributed by atoms with E-state index >= 15 is 0 Å². The van der Waals surface area contributed by atoms with Crippen LogP contribution in [0.2, 0.25) is 0 Å². The van der Waals surface area contributed by atoms with Crippen LogP contribution in [0.15, 0.2) is 22.5 Å². The fourth-order valence-electron chi connectivity index (χ4n) is 1.41. The van der Waals surface area contributed by atoms with E-state index in [1.807, 2.05) is 12.3 Å². The lowest BCUT2D eigenvalue weighted by Crippen LogP contribution is -2.23. The standard InChI is InChI=1S/C10H13N3O3S2/c1-7-13-9(6-17-7)3-12-18(15,16)10-2-8(5-14)11-4-10/h2,4,6,11-12,14H,3,5H2,1H3. The zero-order valence-corrected chi connectivity index (χ0v) is 11.3. The summed E-state index contributed by atoms with van der Waals surface area (Å²) in [6.45, 7) is 1.80. The molecule has 0 atom stereocenters. The molecule has 18 heavy (non-hydrogen) atoms. The summed E-state index contributed by atoms with van der Waals surface area (Å²) in [4.78, 5) is 6.96. The number of aliphatic hydroxyl groups excluding tert-OH is 1. The molecule has 0 radical (unpaired) electrons. The first-order chi connectivity index (χ1) is 8.51. The predicted octanol–water partition coefficient (Wildman–Crippen LogP) is 0.750. The van der Waals surface area contributed by atoms with Gasteiger partial charge in [-0.05, 0) is 13.0 Å². The highest BCUT2D eigenvalue weighted by molar-refractivity contribution is 7.89. The summed E-state index contributed by atoms with van der Waals surface area (Å²) in [6.07, 6.45) is 1.35. The topological polar surface area (TPSA) is 95.1 Å². The van der Waals surface area contributed by atoms with Gasteiger partial charge in [-0.2, -0.15) is 0 Å². The number of aromatic nitrogens is 2. The quantitative estimate of drug-likeness (QED) is 0.756. The Hall–Kier alpha value is -1.22. The number of aliphatic hydroxyl groups is 1. The third-order valence-corrected chi connectivity index (χ3v) is 4.51. The number of hydrogen-bond donors (Lipinski definition) is 3. The van der Waals surface area contributed by atoms with Crippen molar-refractivity contribution in [3.63, 3.8) is 0 Å². The third kappa shape index (κ3) is 2.96. The zero-order valence-electron chi connectivity index (χ0n) is 9.67. The van der Waals surface area contributed by atoms with Crippen LogP contribution in [0, 0.1) is 6.92 Å². The monoisotopic (exact) mass is 287 g/mol. The Morgan fingerprint density at radius 1 is 1.56 bits per heavy atom. The Morgan fingerprint density at radius 2 is 2.33 bits per heavy atom. The lowest BCUT2D eigenvalue weighted by molar-refractivity contribution is 0.277. The van der Waals surface area contributed by atoms with E-state index in [1.54, 1.807) is 0 Å².